The molecule has 2 heterocycles. The monoisotopic (exact) mass is 330 g/mol. The summed E-state index contributed by atoms with van der Waals surface area (Å²) in [6.07, 6.45) is 4.99. The van der Waals surface area contributed by atoms with E-state index in [1.807, 2.05) is 24.4 Å². The van der Waals surface area contributed by atoms with Crippen LogP contribution in [0.2, 0.25) is 0 Å². The van der Waals surface area contributed by atoms with E-state index in [1.54, 1.807) is 0 Å². The molecule has 2 aromatic heterocycles. The Kier molecular flexibility index (Phi) is 4.36. The van der Waals surface area contributed by atoms with Gasteiger partial charge < -0.3 is 15.3 Å². The van der Waals surface area contributed by atoms with Crippen LogP contribution < -0.4 is 5.32 Å². The van der Waals surface area contributed by atoms with E-state index >= 15 is 0 Å². The number of hydrogen-bond donors (Lipinski definition) is 3. The Bertz CT molecular complexity index is 952. The maximum Gasteiger partial charge on any atom is 0.124 e. The quantitative estimate of drug-likeness (QED) is 0.489. The zero-order valence-corrected chi connectivity index (χ0v) is 14.3. The number of benzene rings is 2. The smallest absolute Gasteiger partial charge is 0.124 e. The highest BCUT2D eigenvalue weighted by Gasteiger charge is 2.17. The van der Waals surface area contributed by atoms with E-state index in [-0.39, 0.29) is 6.04 Å². The third kappa shape index (κ3) is 3.21. The predicted octanol–water partition coefficient (Wildman–Crippen LogP) is 4.45. The molecule has 4 rings (SSSR count). The van der Waals surface area contributed by atoms with Crippen LogP contribution in [0.4, 0.5) is 0 Å². The Hall–Kier alpha value is -2.85. The number of nitrogens with one attached hydrogen (secondary N) is 3. The lowest BCUT2D eigenvalue weighted by Crippen LogP contribution is -2.24. The van der Waals surface area contributed by atoms with Gasteiger partial charge in [-0.05, 0) is 24.6 Å². The second-order valence-corrected chi connectivity index (χ2v) is 6.21. The fourth-order valence-corrected chi connectivity index (χ4v) is 3.30. The molecule has 2 aromatic carbocycles. The Morgan fingerprint density at radius 3 is 2.60 bits per heavy atom. The molecule has 25 heavy (non-hydrogen) atoms. The van der Waals surface area contributed by atoms with Gasteiger partial charge in [0.2, 0.25) is 0 Å². The number of para-hydroxylation sites is 1. The molecule has 4 heteroatoms. The van der Waals surface area contributed by atoms with Gasteiger partial charge in [-0.15, -0.1) is 0 Å². The van der Waals surface area contributed by atoms with E-state index in [2.05, 4.69) is 64.8 Å². The predicted molar refractivity (Wildman–Crippen MR) is 102 cm³/mol. The third-order valence-corrected chi connectivity index (χ3v) is 4.55. The van der Waals surface area contributed by atoms with Crippen LogP contribution in [-0.4, -0.2) is 21.5 Å². The van der Waals surface area contributed by atoms with Crippen molar-refractivity contribution in [2.45, 2.75) is 19.4 Å². The van der Waals surface area contributed by atoms with E-state index < -0.39 is 0 Å². The highest BCUT2D eigenvalue weighted by atomic mass is 15.0. The summed E-state index contributed by atoms with van der Waals surface area (Å²) in [5, 5.41) is 4.84. The number of fused-ring (bicyclic) bond motifs is 1. The summed E-state index contributed by atoms with van der Waals surface area (Å²) in [7, 11) is 0. The fourth-order valence-electron chi connectivity index (χ4n) is 3.30. The normalized spacial score (nSPS) is 12.5. The summed E-state index contributed by atoms with van der Waals surface area (Å²) in [5.41, 5.74) is 4.60. The maximum absolute atomic E-state index is 4.83. The van der Waals surface area contributed by atoms with E-state index in [4.69, 9.17) is 4.98 Å². The van der Waals surface area contributed by atoms with E-state index in [9.17, 15) is 0 Å². The van der Waals surface area contributed by atoms with E-state index in [0.29, 0.717) is 0 Å². The molecule has 0 radical (unpaired) electrons. The first kappa shape index (κ1) is 15.7. The van der Waals surface area contributed by atoms with Crippen LogP contribution in [0.15, 0.2) is 67.0 Å². The van der Waals surface area contributed by atoms with Crippen molar-refractivity contribution in [3.8, 4) is 11.3 Å². The lowest BCUT2D eigenvalue weighted by molar-refractivity contribution is 0.527. The molecule has 0 saturated heterocycles. The van der Waals surface area contributed by atoms with Gasteiger partial charge in [0.15, 0.2) is 0 Å². The first-order valence-electron chi connectivity index (χ1n) is 8.74. The SMILES string of the molecule is CCN[C@H](Cc1c[nH]c2ccccc12)c1nc(-c2ccccc2)c[nH]1. The number of likely N-dealkylation sites (N-methyl/N-ethyl adjacent to an activating group) is 1. The molecule has 1 atom stereocenters. The van der Waals surface area contributed by atoms with Gasteiger partial charge in [-0.3, -0.25) is 0 Å². The number of nitrogens with zero attached hydrogens (tertiary/aromatic N) is 1. The molecule has 4 aromatic rings. The molecule has 126 valence electrons. The topological polar surface area (TPSA) is 56.5 Å². The highest BCUT2D eigenvalue weighted by molar-refractivity contribution is 5.83. The second kappa shape index (κ2) is 6.95. The van der Waals surface area contributed by atoms with Crippen LogP contribution in [0.5, 0.6) is 0 Å². The van der Waals surface area contributed by atoms with Crippen molar-refractivity contribution in [1.82, 2.24) is 20.3 Å². The van der Waals surface area contributed by atoms with Gasteiger partial charge >= 0.3 is 0 Å². The Labute approximate surface area is 147 Å². The van der Waals surface area contributed by atoms with Crippen molar-refractivity contribution >= 4 is 10.9 Å². The van der Waals surface area contributed by atoms with Crippen molar-refractivity contribution in [3.05, 3.63) is 78.4 Å². The van der Waals surface area contributed by atoms with Crippen LogP contribution in [-0.2, 0) is 6.42 Å². The minimum atomic E-state index is 0.154. The minimum absolute atomic E-state index is 0.154. The van der Waals surface area contributed by atoms with Crippen LogP contribution in [0.1, 0.15) is 24.4 Å². The van der Waals surface area contributed by atoms with Gasteiger partial charge in [0, 0.05) is 28.9 Å². The number of rotatable bonds is 6. The second-order valence-electron chi connectivity index (χ2n) is 6.21. The number of aromatic nitrogens is 3. The van der Waals surface area contributed by atoms with Crippen molar-refractivity contribution < 1.29 is 0 Å². The van der Waals surface area contributed by atoms with Crippen molar-refractivity contribution in [2.24, 2.45) is 0 Å². The molecule has 0 aliphatic heterocycles. The van der Waals surface area contributed by atoms with Gasteiger partial charge in [-0.2, -0.15) is 0 Å². The van der Waals surface area contributed by atoms with Gasteiger partial charge in [0.25, 0.3) is 0 Å². The van der Waals surface area contributed by atoms with Crippen LogP contribution in [0.3, 0.4) is 0 Å². The Morgan fingerprint density at radius 1 is 0.960 bits per heavy atom. The molecule has 0 bridgehead atoms. The average molecular weight is 330 g/mol. The summed E-state index contributed by atoms with van der Waals surface area (Å²) < 4.78 is 0. The highest BCUT2D eigenvalue weighted by Crippen LogP contribution is 2.25. The summed E-state index contributed by atoms with van der Waals surface area (Å²) >= 11 is 0. The van der Waals surface area contributed by atoms with Crippen LogP contribution in [0, 0.1) is 0 Å². The standard InChI is InChI=1S/C21H22N4/c1-2-22-19(12-16-13-23-18-11-7-6-10-17(16)18)21-24-14-20(25-21)15-8-4-3-5-9-15/h3-11,13-14,19,22-23H,2,12H2,1H3,(H,24,25)/t19-/m1/s1. The molecule has 0 aliphatic rings. The molecule has 0 unspecified atom stereocenters. The van der Waals surface area contributed by atoms with Gasteiger partial charge in [-0.1, -0.05) is 55.5 Å². The van der Waals surface area contributed by atoms with Crippen LogP contribution in [0.25, 0.3) is 22.2 Å². The van der Waals surface area contributed by atoms with Crippen molar-refractivity contribution in [3.63, 3.8) is 0 Å². The summed E-state index contributed by atoms with van der Waals surface area (Å²) in [6, 6.07) is 18.9. The minimum Gasteiger partial charge on any atom is -0.361 e. The third-order valence-electron chi connectivity index (χ3n) is 4.55. The molecule has 0 fully saturated rings. The lowest BCUT2D eigenvalue weighted by atomic mass is 10.0. The van der Waals surface area contributed by atoms with Crippen LogP contribution >= 0.6 is 0 Å². The largest absolute Gasteiger partial charge is 0.361 e. The maximum atomic E-state index is 4.83. The van der Waals surface area contributed by atoms with E-state index in [1.165, 1.54) is 16.5 Å². The summed E-state index contributed by atoms with van der Waals surface area (Å²) in [4.78, 5) is 11.6. The average Bonchev–Trinajstić information content (AvgIpc) is 3.30. The molecule has 0 saturated carbocycles. The molecular weight excluding hydrogens is 308 g/mol. The molecule has 0 aliphatic carbocycles. The number of aromatic amines is 2. The van der Waals surface area contributed by atoms with Crippen molar-refractivity contribution in [1.29, 1.82) is 0 Å². The van der Waals surface area contributed by atoms with Gasteiger partial charge in [0.1, 0.15) is 5.82 Å². The summed E-state index contributed by atoms with van der Waals surface area (Å²) in [6.45, 7) is 3.03. The molecular formula is C21H22N4. The molecule has 4 nitrogen and oxygen atoms in total. The Balaban J connectivity index is 1.62. The van der Waals surface area contributed by atoms with E-state index in [0.717, 1.165) is 30.0 Å². The van der Waals surface area contributed by atoms with Gasteiger partial charge in [-0.25, -0.2) is 4.98 Å². The lowest BCUT2D eigenvalue weighted by Gasteiger charge is -2.15. The number of H-pyrrole nitrogens is 2. The molecule has 0 spiro atoms. The number of hydrogen-bond acceptors (Lipinski definition) is 2. The summed E-state index contributed by atoms with van der Waals surface area (Å²) in [5.74, 6) is 0.978. The van der Waals surface area contributed by atoms with Crippen molar-refractivity contribution in [2.75, 3.05) is 6.54 Å². The number of imidazole rings is 1. The Morgan fingerprint density at radius 2 is 1.76 bits per heavy atom. The fraction of sp³-hybridized carbons (Fsp3) is 0.190. The zero-order chi connectivity index (χ0) is 17.1. The molecule has 0 amide bonds. The first-order valence-corrected chi connectivity index (χ1v) is 8.74. The molecule has 3 N–H and O–H groups in total. The first-order chi connectivity index (χ1) is 12.3. The van der Waals surface area contributed by atoms with Gasteiger partial charge in [0.05, 0.1) is 11.7 Å². The zero-order valence-electron chi connectivity index (χ0n) is 14.3.